The molecule has 3 heteroatoms. The summed E-state index contributed by atoms with van der Waals surface area (Å²) in [5.41, 5.74) is 0. The Bertz CT molecular complexity index is 199. The standard InChI is InChI=1S/C11H20N2O/c1-3-5-8-12-9-11(14)13(4-2)10-6-7-10/h3,10,12H,1,4-9H2,2H3. The van der Waals surface area contributed by atoms with Crippen LogP contribution in [0, 0.1) is 0 Å². The maximum atomic E-state index is 11.7. The van der Waals surface area contributed by atoms with Crippen molar-refractivity contribution in [3.63, 3.8) is 0 Å². The van der Waals surface area contributed by atoms with Gasteiger partial charge in [0, 0.05) is 12.6 Å². The van der Waals surface area contributed by atoms with Crippen molar-refractivity contribution in [3.8, 4) is 0 Å². The van der Waals surface area contributed by atoms with Gasteiger partial charge in [0.25, 0.3) is 0 Å². The first-order valence-electron chi connectivity index (χ1n) is 5.40. The lowest BCUT2D eigenvalue weighted by atomic mass is 10.4. The Morgan fingerprint density at radius 3 is 2.86 bits per heavy atom. The van der Waals surface area contributed by atoms with Crippen molar-refractivity contribution in [2.45, 2.75) is 32.2 Å². The number of hydrogen-bond acceptors (Lipinski definition) is 2. The van der Waals surface area contributed by atoms with E-state index in [0.29, 0.717) is 12.6 Å². The van der Waals surface area contributed by atoms with Crippen molar-refractivity contribution in [2.75, 3.05) is 19.6 Å². The highest BCUT2D eigenvalue weighted by molar-refractivity contribution is 5.78. The maximum Gasteiger partial charge on any atom is 0.236 e. The van der Waals surface area contributed by atoms with Crippen LogP contribution < -0.4 is 5.32 Å². The van der Waals surface area contributed by atoms with Crippen LogP contribution in [0.3, 0.4) is 0 Å². The van der Waals surface area contributed by atoms with E-state index < -0.39 is 0 Å². The number of amides is 1. The molecule has 0 aliphatic heterocycles. The molecule has 1 rings (SSSR count). The van der Waals surface area contributed by atoms with Crippen LogP contribution in [-0.4, -0.2) is 36.5 Å². The van der Waals surface area contributed by atoms with Crippen molar-refractivity contribution in [1.29, 1.82) is 0 Å². The van der Waals surface area contributed by atoms with Gasteiger partial charge >= 0.3 is 0 Å². The summed E-state index contributed by atoms with van der Waals surface area (Å²) in [7, 11) is 0. The molecular weight excluding hydrogens is 176 g/mol. The summed E-state index contributed by atoms with van der Waals surface area (Å²) >= 11 is 0. The first kappa shape index (κ1) is 11.2. The van der Waals surface area contributed by atoms with E-state index >= 15 is 0 Å². The van der Waals surface area contributed by atoms with Crippen molar-refractivity contribution in [1.82, 2.24) is 10.2 Å². The zero-order valence-corrected chi connectivity index (χ0v) is 8.96. The van der Waals surface area contributed by atoms with Gasteiger partial charge in [0.05, 0.1) is 6.54 Å². The molecule has 1 aliphatic rings. The third kappa shape index (κ3) is 3.50. The summed E-state index contributed by atoms with van der Waals surface area (Å²) in [6.45, 7) is 7.83. The number of nitrogens with one attached hydrogen (secondary N) is 1. The Morgan fingerprint density at radius 2 is 2.36 bits per heavy atom. The zero-order valence-electron chi connectivity index (χ0n) is 8.96. The van der Waals surface area contributed by atoms with Crippen molar-refractivity contribution in [2.24, 2.45) is 0 Å². The molecule has 0 unspecified atom stereocenters. The van der Waals surface area contributed by atoms with E-state index in [1.807, 2.05) is 17.9 Å². The summed E-state index contributed by atoms with van der Waals surface area (Å²) < 4.78 is 0. The molecule has 0 aromatic carbocycles. The Morgan fingerprint density at radius 1 is 1.64 bits per heavy atom. The molecule has 0 spiro atoms. The molecule has 1 saturated carbocycles. The van der Waals surface area contributed by atoms with Crippen LogP contribution in [0.2, 0.25) is 0 Å². The Labute approximate surface area is 86.2 Å². The average Bonchev–Trinajstić information content (AvgIpc) is 2.98. The van der Waals surface area contributed by atoms with E-state index in [2.05, 4.69) is 11.9 Å². The SMILES string of the molecule is C=CCCNCC(=O)N(CC)C1CC1. The molecule has 0 bridgehead atoms. The predicted molar refractivity (Wildman–Crippen MR) is 58.1 cm³/mol. The fraction of sp³-hybridized carbons (Fsp3) is 0.727. The van der Waals surface area contributed by atoms with Crippen LogP contribution >= 0.6 is 0 Å². The Kier molecular flexibility index (Phi) is 4.66. The van der Waals surface area contributed by atoms with Crippen molar-refractivity contribution in [3.05, 3.63) is 12.7 Å². The van der Waals surface area contributed by atoms with Gasteiger partial charge in [-0.25, -0.2) is 0 Å². The number of rotatable bonds is 7. The molecule has 1 N–H and O–H groups in total. The van der Waals surface area contributed by atoms with E-state index in [1.54, 1.807) is 0 Å². The minimum atomic E-state index is 0.235. The lowest BCUT2D eigenvalue weighted by molar-refractivity contribution is -0.130. The van der Waals surface area contributed by atoms with Gasteiger partial charge in [0.15, 0.2) is 0 Å². The largest absolute Gasteiger partial charge is 0.339 e. The van der Waals surface area contributed by atoms with Gasteiger partial charge in [0.1, 0.15) is 0 Å². The topological polar surface area (TPSA) is 32.3 Å². The Hall–Kier alpha value is -0.830. The molecule has 1 fully saturated rings. The molecule has 14 heavy (non-hydrogen) atoms. The number of likely N-dealkylation sites (N-methyl/N-ethyl adjacent to an activating group) is 1. The summed E-state index contributed by atoms with van der Waals surface area (Å²) in [6, 6.07) is 0.536. The fourth-order valence-corrected chi connectivity index (χ4v) is 1.53. The maximum absolute atomic E-state index is 11.7. The Balaban J connectivity index is 2.15. The van der Waals surface area contributed by atoms with Crippen LogP contribution in [0.5, 0.6) is 0 Å². The summed E-state index contributed by atoms with van der Waals surface area (Å²) in [6.07, 6.45) is 5.15. The van der Waals surface area contributed by atoms with Crippen LogP contribution in [0.25, 0.3) is 0 Å². The van der Waals surface area contributed by atoms with Gasteiger partial charge in [-0.1, -0.05) is 6.08 Å². The molecule has 0 aromatic heterocycles. The first-order valence-corrected chi connectivity index (χ1v) is 5.40. The zero-order chi connectivity index (χ0) is 10.4. The van der Waals surface area contributed by atoms with E-state index in [4.69, 9.17) is 0 Å². The number of nitrogens with zero attached hydrogens (tertiary/aromatic N) is 1. The molecule has 0 heterocycles. The molecule has 1 amide bonds. The predicted octanol–water partition coefficient (Wildman–Crippen LogP) is 1.16. The highest BCUT2D eigenvalue weighted by Gasteiger charge is 2.30. The molecule has 1 aliphatic carbocycles. The van der Waals surface area contributed by atoms with Crippen LogP contribution in [-0.2, 0) is 4.79 Å². The highest BCUT2D eigenvalue weighted by Crippen LogP contribution is 2.26. The lowest BCUT2D eigenvalue weighted by Crippen LogP contribution is -2.39. The quantitative estimate of drug-likeness (QED) is 0.489. The minimum absolute atomic E-state index is 0.235. The number of hydrogen-bond donors (Lipinski definition) is 1. The molecule has 0 atom stereocenters. The third-order valence-electron chi connectivity index (χ3n) is 2.45. The third-order valence-corrected chi connectivity index (χ3v) is 2.45. The average molecular weight is 196 g/mol. The van der Waals surface area contributed by atoms with Crippen LogP contribution in [0.4, 0.5) is 0 Å². The minimum Gasteiger partial charge on any atom is -0.339 e. The smallest absolute Gasteiger partial charge is 0.236 e. The highest BCUT2D eigenvalue weighted by atomic mass is 16.2. The van der Waals surface area contributed by atoms with Gasteiger partial charge in [-0.15, -0.1) is 6.58 Å². The number of carbonyl (C=O) groups is 1. The van der Waals surface area contributed by atoms with Crippen molar-refractivity contribution >= 4 is 5.91 Å². The van der Waals surface area contributed by atoms with Gasteiger partial charge in [-0.3, -0.25) is 4.79 Å². The summed E-state index contributed by atoms with van der Waals surface area (Å²) in [5.74, 6) is 0.235. The van der Waals surface area contributed by atoms with Gasteiger partial charge in [-0.2, -0.15) is 0 Å². The van der Waals surface area contributed by atoms with Crippen LogP contribution in [0.15, 0.2) is 12.7 Å². The molecule has 3 nitrogen and oxygen atoms in total. The van der Waals surface area contributed by atoms with E-state index in [0.717, 1.165) is 19.5 Å². The van der Waals surface area contributed by atoms with E-state index in [9.17, 15) is 4.79 Å². The van der Waals surface area contributed by atoms with Crippen molar-refractivity contribution < 1.29 is 4.79 Å². The monoisotopic (exact) mass is 196 g/mol. The summed E-state index contributed by atoms with van der Waals surface area (Å²) in [5, 5.41) is 3.12. The molecule has 0 aromatic rings. The molecule has 0 radical (unpaired) electrons. The molecular formula is C11H20N2O. The second kappa shape index (κ2) is 5.81. The first-order chi connectivity index (χ1) is 6.79. The van der Waals surface area contributed by atoms with Gasteiger partial charge in [-0.05, 0) is 32.7 Å². The lowest BCUT2D eigenvalue weighted by Gasteiger charge is -2.20. The second-order valence-corrected chi connectivity index (χ2v) is 3.67. The fourth-order valence-electron chi connectivity index (χ4n) is 1.53. The summed E-state index contributed by atoms with van der Waals surface area (Å²) in [4.78, 5) is 13.6. The van der Waals surface area contributed by atoms with Crippen LogP contribution in [0.1, 0.15) is 26.2 Å². The molecule has 80 valence electrons. The van der Waals surface area contributed by atoms with Gasteiger partial charge < -0.3 is 10.2 Å². The molecule has 0 saturated heterocycles. The second-order valence-electron chi connectivity index (χ2n) is 3.67. The number of carbonyl (C=O) groups excluding carboxylic acids is 1. The van der Waals surface area contributed by atoms with Gasteiger partial charge in [0.2, 0.25) is 5.91 Å². The van der Waals surface area contributed by atoms with E-state index in [1.165, 1.54) is 12.8 Å². The normalized spacial score (nSPS) is 15.2. The van der Waals surface area contributed by atoms with E-state index in [-0.39, 0.29) is 5.91 Å².